The number of ether oxygens (including phenoxy) is 1. The smallest absolute Gasteiger partial charge is 0.341 e. The fraction of sp³-hybridized carbons (Fsp3) is 0.333. The lowest BCUT2D eigenvalue weighted by Gasteiger charge is -2.18. The third-order valence-electron chi connectivity index (χ3n) is 5.62. The highest BCUT2D eigenvalue weighted by atomic mass is 19.3. The molecule has 0 unspecified atom stereocenters. The number of benzene rings is 2. The Hall–Kier alpha value is -3.26. The molecule has 1 aromatic heterocycles. The molecule has 0 atom stereocenters. The molecule has 0 spiro atoms. The van der Waals surface area contributed by atoms with Gasteiger partial charge in [0, 0.05) is 43.9 Å². The molecule has 0 aliphatic carbocycles. The predicted octanol–water partition coefficient (Wildman–Crippen LogP) is 4.05. The van der Waals surface area contributed by atoms with Gasteiger partial charge in [0.15, 0.2) is 6.61 Å². The van der Waals surface area contributed by atoms with Gasteiger partial charge in [-0.15, -0.1) is 0 Å². The number of rotatable bonds is 7. The molecule has 0 radical (unpaired) electrons. The maximum Gasteiger partial charge on any atom is 0.341 e. The summed E-state index contributed by atoms with van der Waals surface area (Å²) >= 11 is 0. The molecule has 32 heavy (non-hydrogen) atoms. The Morgan fingerprint density at radius 2 is 1.84 bits per heavy atom. The normalized spacial score (nSPS) is 14.6. The molecule has 0 saturated heterocycles. The lowest BCUT2D eigenvalue weighted by atomic mass is 10.0. The Balaban J connectivity index is 1.38. The second-order valence-electron chi connectivity index (χ2n) is 8.12. The molecule has 0 saturated carbocycles. The molecule has 168 valence electrons. The molecule has 2 heterocycles. The van der Waals surface area contributed by atoms with Crippen molar-refractivity contribution in [1.82, 2.24) is 14.7 Å². The second-order valence-corrected chi connectivity index (χ2v) is 8.12. The zero-order valence-electron chi connectivity index (χ0n) is 17.8. The van der Waals surface area contributed by atoms with Crippen LogP contribution in [0.5, 0.6) is 5.75 Å². The standard InChI is InChI=1S/C24H25F2N3O3/c1-24(25,26)20-3-5-21(6-4-20)29-15-17(13-27-29)14-28-10-8-18-2-7-22(32-16-23(30)31)12-19(18)9-11-28/h2-7,12-13,15H,8-11,14,16H2,1H3,(H,30,31). The number of aromatic nitrogens is 2. The maximum atomic E-state index is 13.4. The Morgan fingerprint density at radius 1 is 1.12 bits per heavy atom. The molecular formula is C24H25F2N3O3. The molecule has 0 amide bonds. The first-order chi connectivity index (χ1) is 15.3. The van der Waals surface area contributed by atoms with Crippen molar-refractivity contribution in [3.63, 3.8) is 0 Å². The van der Waals surface area contributed by atoms with Gasteiger partial charge >= 0.3 is 5.97 Å². The number of hydrogen-bond donors (Lipinski definition) is 1. The molecule has 0 fully saturated rings. The first-order valence-electron chi connectivity index (χ1n) is 10.5. The summed E-state index contributed by atoms with van der Waals surface area (Å²) in [6.45, 7) is 3.03. The fourth-order valence-electron chi connectivity index (χ4n) is 3.89. The SMILES string of the molecule is CC(F)(F)c1ccc(-n2cc(CN3CCc4ccc(OCC(=O)O)cc4CC3)cn2)cc1. The minimum absolute atomic E-state index is 0.0192. The molecule has 0 bridgehead atoms. The van der Waals surface area contributed by atoms with E-state index in [2.05, 4.69) is 10.00 Å². The summed E-state index contributed by atoms with van der Waals surface area (Å²) in [5, 5.41) is 13.2. The first-order valence-corrected chi connectivity index (χ1v) is 10.5. The van der Waals surface area contributed by atoms with Crippen LogP contribution < -0.4 is 4.74 Å². The monoisotopic (exact) mass is 441 g/mol. The minimum atomic E-state index is -2.86. The number of carboxylic acids is 1. The summed E-state index contributed by atoms with van der Waals surface area (Å²) in [5.41, 5.74) is 4.19. The van der Waals surface area contributed by atoms with Crippen LogP contribution in [0, 0.1) is 0 Å². The van der Waals surface area contributed by atoms with E-state index in [1.807, 2.05) is 24.4 Å². The molecule has 1 aliphatic heterocycles. The van der Waals surface area contributed by atoms with Gasteiger partial charge in [-0.25, -0.2) is 18.3 Å². The van der Waals surface area contributed by atoms with Crippen LogP contribution in [-0.4, -0.2) is 45.5 Å². The highest BCUT2D eigenvalue weighted by Crippen LogP contribution is 2.27. The van der Waals surface area contributed by atoms with Crippen molar-refractivity contribution in [1.29, 1.82) is 0 Å². The predicted molar refractivity (Wildman–Crippen MR) is 115 cm³/mol. The van der Waals surface area contributed by atoms with Crippen molar-refractivity contribution in [3.05, 3.63) is 77.1 Å². The zero-order valence-corrected chi connectivity index (χ0v) is 17.8. The Labute approximate surface area is 185 Å². The summed E-state index contributed by atoms with van der Waals surface area (Å²) in [7, 11) is 0. The van der Waals surface area contributed by atoms with E-state index < -0.39 is 11.9 Å². The summed E-state index contributed by atoms with van der Waals surface area (Å²) in [5.74, 6) is -3.28. The number of aliphatic carboxylic acids is 1. The van der Waals surface area contributed by atoms with Gasteiger partial charge in [0.25, 0.3) is 5.92 Å². The van der Waals surface area contributed by atoms with Crippen LogP contribution >= 0.6 is 0 Å². The third kappa shape index (κ3) is 5.31. The zero-order chi connectivity index (χ0) is 22.7. The van der Waals surface area contributed by atoms with Crippen LogP contribution in [0.3, 0.4) is 0 Å². The van der Waals surface area contributed by atoms with Crippen molar-refractivity contribution in [2.24, 2.45) is 0 Å². The van der Waals surface area contributed by atoms with E-state index in [9.17, 15) is 13.6 Å². The van der Waals surface area contributed by atoms with E-state index in [1.54, 1.807) is 23.0 Å². The Bertz CT molecular complexity index is 1090. The fourth-order valence-corrected chi connectivity index (χ4v) is 3.89. The van der Waals surface area contributed by atoms with Crippen molar-refractivity contribution in [2.75, 3.05) is 19.7 Å². The molecule has 1 aliphatic rings. The van der Waals surface area contributed by atoms with Crippen molar-refractivity contribution < 1.29 is 23.4 Å². The van der Waals surface area contributed by atoms with Crippen LogP contribution in [0.1, 0.15) is 29.2 Å². The maximum absolute atomic E-state index is 13.4. The first kappa shape index (κ1) is 22.0. The van der Waals surface area contributed by atoms with Gasteiger partial charge in [-0.05, 0) is 48.2 Å². The van der Waals surface area contributed by atoms with Gasteiger partial charge in [-0.2, -0.15) is 5.10 Å². The van der Waals surface area contributed by atoms with Crippen LogP contribution in [0.15, 0.2) is 54.9 Å². The molecule has 2 aromatic carbocycles. The van der Waals surface area contributed by atoms with Crippen LogP contribution in [0.4, 0.5) is 8.78 Å². The highest BCUT2D eigenvalue weighted by molar-refractivity contribution is 5.68. The van der Waals surface area contributed by atoms with Crippen LogP contribution in [0.25, 0.3) is 5.69 Å². The van der Waals surface area contributed by atoms with E-state index in [0.717, 1.165) is 50.7 Å². The Kier molecular flexibility index (Phi) is 6.23. The van der Waals surface area contributed by atoms with Gasteiger partial charge in [0.1, 0.15) is 5.75 Å². The average Bonchev–Trinajstić information content (AvgIpc) is 3.13. The van der Waals surface area contributed by atoms with Crippen molar-refractivity contribution in [2.45, 2.75) is 32.2 Å². The van der Waals surface area contributed by atoms with Gasteiger partial charge in [-0.1, -0.05) is 18.2 Å². The van der Waals surface area contributed by atoms with E-state index in [0.29, 0.717) is 5.75 Å². The number of carbonyl (C=O) groups is 1. The van der Waals surface area contributed by atoms with Gasteiger partial charge in [0.2, 0.25) is 0 Å². The molecule has 4 rings (SSSR count). The summed E-state index contributed by atoms with van der Waals surface area (Å²) in [6.07, 6.45) is 5.48. The molecule has 6 nitrogen and oxygen atoms in total. The average molecular weight is 441 g/mol. The molecule has 8 heteroatoms. The molecular weight excluding hydrogens is 416 g/mol. The number of carboxylic acid groups (broad SMARTS) is 1. The Morgan fingerprint density at radius 3 is 2.53 bits per heavy atom. The number of nitrogens with zero attached hydrogens (tertiary/aromatic N) is 3. The summed E-state index contributed by atoms with van der Waals surface area (Å²) < 4.78 is 33.8. The highest BCUT2D eigenvalue weighted by Gasteiger charge is 2.23. The van der Waals surface area contributed by atoms with Crippen molar-refractivity contribution in [3.8, 4) is 11.4 Å². The number of fused-ring (bicyclic) bond motifs is 1. The summed E-state index contributed by atoms with van der Waals surface area (Å²) in [6, 6.07) is 11.9. The quantitative estimate of drug-likeness (QED) is 0.599. The van der Waals surface area contributed by atoms with E-state index in [-0.39, 0.29) is 12.2 Å². The van der Waals surface area contributed by atoms with Gasteiger partial charge in [0.05, 0.1) is 11.9 Å². The van der Waals surface area contributed by atoms with E-state index in [4.69, 9.17) is 9.84 Å². The topological polar surface area (TPSA) is 67.6 Å². The van der Waals surface area contributed by atoms with Crippen LogP contribution in [-0.2, 0) is 30.1 Å². The lowest BCUT2D eigenvalue weighted by Crippen LogP contribution is -2.25. The van der Waals surface area contributed by atoms with Crippen molar-refractivity contribution >= 4 is 5.97 Å². The lowest BCUT2D eigenvalue weighted by molar-refractivity contribution is -0.139. The molecule has 1 N–H and O–H groups in total. The minimum Gasteiger partial charge on any atom is -0.482 e. The third-order valence-corrected chi connectivity index (χ3v) is 5.62. The van der Waals surface area contributed by atoms with Crippen LogP contribution in [0.2, 0.25) is 0 Å². The van der Waals surface area contributed by atoms with Gasteiger partial charge < -0.3 is 9.84 Å². The van der Waals surface area contributed by atoms with E-state index >= 15 is 0 Å². The second kappa shape index (κ2) is 9.08. The number of hydrogen-bond acceptors (Lipinski definition) is 4. The van der Waals surface area contributed by atoms with E-state index in [1.165, 1.54) is 23.3 Å². The molecule has 3 aromatic rings. The largest absolute Gasteiger partial charge is 0.482 e. The number of halogens is 2. The number of alkyl halides is 2. The van der Waals surface area contributed by atoms with Gasteiger partial charge in [-0.3, -0.25) is 4.90 Å². The summed E-state index contributed by atoms with van der Waals surface area (Å²) in [4.78, 5) is 13.1.